The maximum Gasteiger partial charge on any atom is 0.251 e. The second kappa shape index (κ2) is 6.09. The molecule has 3 N–H and O–H groups in total. The lowest BCUT2D eigenvalue weighted by Crippen LogP contribution is -2.26. The van der Waals surface area contributed by atoms with E-state index in [1.54, 1.807) is 18.2 Å². The molecule has 2 aromatic rings. The molecular weight excluding hydrogens is 316 g/mol. The van der Waals surface area contributed by atoms with Crippen molar-refractivity contribution >= 4 is 27.5 Å². The van der Waals surface area contributed by atoms with Crippen molar-refractivity contribution in [3.63, 3.8) is 0 Å². The van der Waals surface area contributed by atoms with Crippen LogP contribution in [0.1, 0.15) is 34.5 Å². The Kier molecular flexibility index (Phi) is 4.45. The molecule has 4 heteroatoms. The molecule has 1 amide bonds. The third-order valence-corrected chi connectivity index (χ3v) is 3.97. The summed E-state index contributed by atoms with van der Waals surface area (Å²) >= 11 is 3.50. The highest BCUT2D eigenvalue weighted by Gasteiger charge is 2.13. The van der Waals surface area contributed by atoms with E-state index >= 15 is 0 Å². The number of nitrogen functional groups attached to an aromatic ring is 1. The average molecular weight is 333 g/mol. The SMILES string of the molecule is Cc1cc(C(=O)N[C@H](C)c2ccccc2Br)ccc1N. The lowest BCUT2D eigenvalue weighted by molar-refractivity contribution is 0.0939. The number of anilines is 1. The maximum atomic E-state index is 12.2. The lowest BCUT2D eigenvalue weighted by atomic mass is 10.1. The molecule has 2 aromatic carbocycles. The quantitative estimate of drug-likeness (QED) is 0.839. The number of aryl methyl sites for hydroxylation is 1. The summed E-state index contributed by atoms with van der Waals surface area (Å²) in [5.74, 6) is -0.101. The summed E-state index contributed by atoms with van der Waals surface area (Å²) in [6.07, 6.45) is 0. The first-order valence-electron chi connectivity index (χ1n) is 6.40. The Labute approximate surface area is 127 Å². The molecule has 2 rings (SSSR count). The molecule has 0 heterocycles. The molecule has 20 heavy (non-hydrogen) atoms. The molecule has 0 saturated carbocycles. The van der Waals surface area contributed by atoms with Gasteiger partial charge in [0, 0.05) is 15.7 Å². The second-order valence-corrected chi connectivity index (χ2v) is 5.64. The molecule has 3 nitrogen and oxygen atoms in total. The zero-order chi connectivity index (χ0) is 14.7. The highest BCUT2D eigenvalue weighted by atomic mass is 79.9. The van der Waals surface area contributed by atoms with E-state index in [1.807, 2.05) is 38.1 Å². The molecule has 104 valence electrons. The van der Waals surface area contributed by atoms with Gasteiger partial charge in [-0.25, -0.2) is 0 Å². The zero-order valence-corrected chi connectivity index (χ0v) is 13.1. The third kappa shape index (κ3) is 3.20. The van der Waals surface area contributed by atoms with E-state index in [4.69, 9.17) is 5.73 Å². The van der Waals surface area contributed by atoms with Crippen LogP contribution in [-0.2, 0) is 0 Å². The number of carbonyl (C=O) groups excluding carboxylic acids is 1. The van der Waals surface area contributed by atoms with Crippen LogP contribution in [-0.4, -0.2) is 5.91 Å². The molecule has 0 aliphatic rings. The summed E-state index contributed by atoms with van der Waals surface area (Å²) in [6.45, 7) is 3.85. The fourth-order valence-corrected chi connectivity index (χ4v) is 2.63. The number of rotatable bonds is 3. The molecule has 0 fully saturated rings. The Balaban J connectivity index is 2.15. The Morgan fingerprint density at radius 1 is 1.25 bits per heavy atom. The monoisotopic (exact) mass is 332 g/mol. The summed E-state index contributed by atoms with van der Waals surface area (Å²) in [5, 5.41) is 2.99. The van der Waals surface area contributed by atoms with Crippen molar-refractivity contribution in [2.75, 3.05) is 5.73 Å². The van der Waals surface area contributed by atoms with Gasteiger partial charge in [-0.1, -0.05) is 34.1 Å². The zero-order valence-electron chi connectivity index (χ0n) is 11.5. The molecule has 0 unspecified atom stereocenters. The van der Waals surface area contributed by atoms with E-state index in [1.165, 1.54) is 0 Å². The normalized spacial score (nSPS) is 11.9. The summed E-state index contributed by atoms with van der Waals surface area (Å²) < 4.78 is 0.987. The number of nitrogens with one attached hydrogen (secondary N) is 1. The largest absolute Gasteiger partial charge is 0.399 e. The first-order chi connectivity index (χ1) is 9.49. The molecule has 0 aromatic heterocycles. The fourth-order valence-electron chi connectivity index (χ4n) is 2.00. The Hall–Kier alpha value is -1.81. The molecule has 0 saturated heterocycles. The molecule has 0 aliphatic heterocycles. The minimum atomic E-state index is -0.101. The van der Waals surface area contributed by atoms with Crippen LogP contribution in [0.5, 0.6) is 0 Å². The van der Waals surface area contributed by atoms with Gasteiger partial charge >= 0.3 is 0 Å². The van der Waals surface area contributed by atoms with Crippen LogP contribution in [0.2, 0.25) is 0 Å². The second-order valence-electron chi connectivity index (χ2n) is 4.79. The van der Waals surface area contributed by atoms with Gasteiger partial charge in [-0.15, -0.1) is 0 Å². The van der Waals surface area contributed by atoms with Gasteiger partial charge in [0.25, 0.3) is 5.91 Å². The van der Waals surface area contributed by atoms with E-state index in [2.05, 4.69) is 21.2 Å². The number of hydrogen-bond donors (Lipinski definition) is 2. The topological polar surface area (TPSA) is 55.1 Å². The fraction of sp³-hybridized carbons (Fsp3) is 0.188. The van der Waals surface area contributed by atoms with Crippen molar-refractivity contribution < 1.29 is 4.79 Å². The predicted molar refractivity (Wildman–Crippen MR) is 85.6 cm³/mol. The minimum Gasteiger partial charge on any atom is -0.399 e. The van der Waals surface area contributed by atoms with Gasteiger partial charge in [-0.3, -0.25) is 4.79 Å². The number of benzene rings is 2. The van der Waals surface area contributed by atoms with E-state index < -0.39 is 0 Å². The van der Waals surface area contributed by atoms with Gasteiger partial charge < -0.3 is 11.1 Å². The highest BCUT2D eigenvalue weighted by molar-refractivity contribution is 9.10. The number of halogens is 1. The third-order valence-electron chi connectivity index (χ3n) is 3.25. The van der Waals surface area contributed by atoms with Crippen molar-refractivity contribution in [2.45, 2.75) is 19.9 Å². The number of carbonyl (C=O) groups is 1. The molecule has 0 radical (unpaired) electrons. The Morgan fingerprint density at radius 3 is 2.60 bits per heavy atom. The van der Waals surface area contributed by atoms with Crippen LogP contribution in [0.3, 0.4) is 0 Å². The van der Waals surface area contributed by atoms with E-state index in [0.29, 0.717) is 11.3 Å². The first kappa shape index (κ1) is 14.6. The van der Waals surface area contributed by atoms with Crippen LogP contribution >= 0.6 is 15.9 Å². The smallest absolute Gasteiger partial charge is 0.251 e. The number of hydrogen-bond acceptors (Lipinski definition) is 2. The van der Waals surface area contributed by atoms with Crippen LogP contribution in [0.25, 0.3) is 0 Å². The summed E-state index contributed by atoms with van der Waals surface area (Å²) in [7, 11) is 0. The van der Waals surface area contributed by atoms with Crippen LogP contribution in [0.15, 0.2) is 46.9 Å². The van der Waals surface area contributed by atoms with Crippen molar-refractivity contribution in [2.24, 2.45) is 0 Å². The van der Waals surface area contributed by atoms with Gasteiger partial charge in [-0.2, -0.15) is 0 Å². The summed E-state index contributed by atoms with van der Waals surface area (Å²) in [5.41, 5.74) is 9.04. The molecule has 1 atom stereocenters. The number of nitrogens with two attached hydrogens (primary N) is 1. The van der Waals surface area contributed by atoms with Crippen LogP contribution < -0.4 is 11.1 Å². The van der Waals surface area contributed by atoms with E-state index in [0.717, 1.165) is 15.6 Å². The molecule has 0 bridgehead atoms. The molecule has 0 aliphatic carbocycles. The van der Waals surface area contributed by atoms with Crippen LogP contribution in [0.4, 0.5) is 5.69 Å². The molecule has 0 spiro atoms. The average Bonchev–Trinajstić information content (AvgIpc) is 2.42. The first-order valence-corrected chi connectivity index (χ1v) is 7.19. The van der Waals surface area contributed by atoms with E-state index in [9.17, 15) is 4.79 Å². The highest BCUT2D eigenvalue weighted by Crippen LogP contribution is 2.23. The number of amides is 1. The minimum absolute atomic E-state index is 0.0732. The Morgan fingerprint density at radius 2 is 1.95 bits per heavy atom. The molecular formula is C16H17BrN2O. The van der Waals surface area contributed by atoms with E-state index in [-0.39, 0.29) is 11.9 Å². The maximum absolute atomic E-state index is 12.2. The lowest BCUT2D eigenvalue weighted by Gasteiger charge is -2.16. The van der Waals surface area contributed by atoms with Gasteiger partial charge in [0.15, 0.2) is 0 Å². The van der Waals surface area contributed by atoms with Crippen LogP contribution in [0, 0.1) is 6.92 Å². The van der Waals surface area contributed by atoms with Gasteiger partial charge in [0.05, 0.1) is 6.04 Å². The van der Waals surface area contributed by atoms with Crippen molar-refractivity contribution in [3.05, 3.63) is 63.6 Å². The Bertz CT molecular complexity index is 640. The summed E-state index contributed by atoms with van der Waals surface area (Å²) in [6, 6.07) is 13.1. The van der Waals surface area contributed by atoms with Gasteiger partial charge in [0.2, 0.25) is 0 Å². The van der Waals surface area contributed by atoms with Gasteiger partial charge in [-0.05, 0) is 49.2 Å². The van der Waals surface area contributed by atoms with Gasteiger partial charge in [0.1, 0.15) is 0 Å². The summed E-state index contributed by atoms with van der Waals surface area (Å²) in [4.78, 5) is 12.2. The predicted octanol–water partition coefficient (Wildman–Crippen LogP) is 3.83. The van der Waals surface area contributed by atoms with Crippen molar-refractivity contribution in [1.82, 2.24) is 5.32 Å². The standard InChI is InChI=1S/C16H17BrN2O/c1-10-9-12(7-8-15(10)18)16(20)19-11(2)13-5-3-4-6-14(13)17/h3-9,11H,18H2,1-2H3,(H,19,20)/t11-/m1/s1. The van der Waals surface area contributed by atoms with Crippen molar-refractivity contribution in [1.29, 1.82) is 0 Å². The van der Waals surface area contributed by atoms with Crippen molar-refractivity contribution in [3.8, 4) is 0 Å².